The molecule has 0 aromatic heterocycles. The molecule has 0 spiro atoms. The Morgan fingerprint density at radius 1 is 1.42 bits per heavy atom. The lowest BCUT2D eigenvalue weighted by atomic mass is 10.0. The maximum atomic E-state index is 12.0. The molecule has 0 radical (unpaired) electrons. The van der Waals surface area contributed by atoms with Gasteiger partial charge in [0.25, 0.3) is 0 Å². The molecule has 0 saturated carbocycles. The van der Waals surface area contributed by atoms with Gasteiger partial charge in [-0.1, -0.05) is 0 Å². The molecule has 19 heavy (non-hydrogen) atoms. The quantitative estimate of drug-likeness (QED) is 0.882. The normalized spacial score (nSPS) is 22.5. The Morgan fingerprint density at radius 3 is 2.63 bits per heavy atom. The van der Waals surface area contributed by atoms with Crippen LogP contribution in [0, 0.1) is 5.92 Å². The summed E-state index contributed by atoms with van der Waals surface area (Å²) in [6.45, 7) is -0.0390. The van der Waals surface area contributed by atoms with Crippen LogP contribution in [-0.4, -0.2) is 25.1 Å². The molecule has 0 bridgehead atoms. The number of carbonyl (C=O) groups is 1. The first-order chi connectivity index (χ1) is 9.06. The van der Waals surface area contributed by atoms with Gasteiger partial charge in [0.05, 0.1) is 5.92 Å². The maximum Gasteiger partial charge on any atom is 0.387 e. The highest BCUT2D eigenvalue weighted by Gasteiger charge is 2.29. The van der Waals surface area contributed by atoms with E-state index >= 15 is 0 Å². The molecule has 2 N–H and O–H groups in total. The van der Waals surface area contributed by atoms with Crippen LogP contribution in [0.2, 0.25) is 0 Å². The average molecular weight is 270 g/mol. The Kier molecular flexibility index (Phi) is 4.31. The van der Waals surface area contributed by atoms with E-state index in [1.165, 1.54) is 12.1 Å². The fourth-order valence-electron chi connectivity index (χ4n) is 2.17. The van der Waals surface area contributed by atoms with Crippen molar-refractivity contribution in [1.82, 2.24) is 5.32 Å². The zero-order valence-corrected chi connectivity index (χ0v) is 10.5. The van der Waals surface area contributed by atoms with Crippen molar-refractivity contribution in [2.24, 2.45) is 5.92 Å². The number of alkyl halides is 2. The summed E-state index contributed by atoms with van der Waals surface area (Å²) >= 11 is 0. The van der Waals surface area contributed by atoms with Crippen molar-refractivity contribution in [3.05, 3.63) is 24.3 Å². The Morgan fingerprint density at radius 2 is 2.11 bits per heavy atom. The minimum Gasteiger partial charge on any atom is -0.435 e. The summed E-state index contributed by atoms with van der Waals surface area (Å²) in [5.41, 5.74) is 0.575. The third kappa shape index (κ3) is 3.64. The molecule has 1 saturated heterocycles. The minimum atomic E-state index is -2.84. The van der Waals surface area contributed by atoms with Gasteiger partial charge in [0.1, 0.15) is 5.75 Å². The Bertz CT molecular complexity index is 437. The second-order valence-corrected chi connectivity index (χ2v) is 4.53. The van der Waals surface area contributed by atoms with Gasteiger partial charge in [-0.2, -0.15) is 8.78 Å². The maximum absolute atomic E-state index is 12.0. The summed E-state index contributed by atoms with van der Waals surface area (Å²) in [4.78, 5) is 12.0. The van der Waals surface area contributed by atoms with E-state index in [1.807, 2.05) is 6.92 Å². The fraction of sp³-hybridized carbons (Fsp3) is 0.462. The van der Waals surface area contributed by atoms with E-state index in [0.29, 0.717) is 5.69 Å². The minimum absolute atomic E-state index is 0.0555. The number of nitrogens with one attached hydrogen (secondary N) is 2. The van der Waals surface area contributed by atoms with Crippen LogP contribution in [0.1, 0.15) is 13.3 Å². The summed E-state index contributed by atoms with van der Waals surface area (Å²) in [5, 5.41) is 5.98. The zero-order chi connectivity index (χ0) is 13.8. The van der Waals surface area contributed by atoms with Crippen molar-refractivity contribution in [1.29, 1.82) is 0 Å². The number of hydrogen-bond donors (Lipinski definition) is 2. The predicted octanol–water partition coefficient (Wildman–Crippen LogP) is 2.22. The molecule has 2 atom stereocenters. The van der Waals surface area contributed by atoms with Crippen molar-refractivity contribution in [3.63, 3.8) is 0 Å². The summed E-state index contributed by atoms with van der Waals surface area (Å²) < 4.78 is 28.2. The number of anilines is 1. The first-order valence-corrected chi connectivity index (χ1v) is 6.15. The molecule has 1 fully saturated rings. The molecule has 1 aliphatic rings. The largest absolute Gasteiger partial charge is 0.435 e. The third-order valence-electron chi connectivity index (χ3n) is 3.21. The molecular formula is C13H16F2N2O2. The monoisotopic (exact) mass is 270 g/mol. The third-order valence-corrected chi connectivity index (χ3v) is 3.21. The van der Waals surface area contributed by atoms with Crippen LogP contribution < -0.4 is 15.4 Å². The van der Waals surface area contributed by atoms with Crippen LogP contribution in [0.4, 0.5) is 14.5 Å². The van der Waals surface area contributed by atoms with E-state index in [9.17, 15) is 13.6 Å². The lowest BCUT2D eigenvalue weighted by Gasteiger charge is -2.15. The van der Waals surface area contributed by atoms with E-state index in [2.05, 4.69) is 15.4 Å². The summed E-state index contributed by atoms with van der Waals surface area (Å²) in [7, 11) is 0. The molecule has 4 nitrogen and oxygen atoms in total. The number of rotatable bonds is 4. The highest BCUT2D eigenvalue weighted by molar-refractivity contribution is 5.93. The topological polar surface area (TPSA) is 50.4 Å². The highest BCUT2D eigenvalue weighted by Crippen LogP contribution is 2.20. The van der Waals surface area contributed by atoms with Crippen LogP contribution in [-0.2, 0) is 4.79 Å². The molecule has 1 aromatic carbocycles. The first kappa shape index (κ1) is 13.7. The van der Waals surface area contributed by atoms with Crippen molar-refractivity contribution >= 4 is 11.6 Å². The Hall–Kier alpha value is -1.69. The molecule has 1 amide bonds. The van der Waals surface area contributed by atoms with Crippen LogP contribution in [0.3, 0.4) is 0 Å². The predicted molar refractivity (Wildman–Crippen MR) is 67.3 cm³/mol. The molecule has 1 heterocycles. The van der Waals surface area contributed by atoms with Crippen LogP contribution >= 0.6 is 0 Å². The molecule has 2 unspecified atom stereocenters. The number of benzene rings is 1. The zero-order valence-electron chi connectivity index (χ0n) is 10.5. The standard InChI is InChI=1S/C13H16F2N2O2/c1-8-11(6-7-16-8)12(18)17-9-2-4-10(5-3-9)19-13(14)15/h2-5,8,11,13,16H,6-7H2,1H3,(H,17,18). The average Bonchev–Trinajstić information content (AvgIpc) is 2.77. The van der Waals surface area contributed by atoms with Crippen LogP contribution in [0.25, 0.3) is 0 Å². The second-order valence-electron chi connectivity index (χ2n) is 4.53. The van der Waals surface area contributed by atoms with Crippen LogP contribution in [0.5, 0.6) is 5.75 Å². The summed E-state index contributed by atoms with van der Waals surface area (Å²) in [5.74, 6) is -0.0408. The molecule has 2 rings (SSSR count). The van der Waals surface area contributed by atoms with Gasteiger partial charge in [0.2, 0.25) is 5.91 Å². The van der Waals surface area contributed by atoms with Gasteiger partial charge in [0.15, 0.2) is 0 Å². The molecule has 6 heteroatoms. The Balaban J connectivity index is 1.93. The second kappa shape index (κ2) is 5.97. The van der Waals surface area contributed by atoms with Crippen molar-refractivity contribution in [2.75, 3.05) is 11.9 Å². The fourth-order valence-corrected chi connectivity index (χ4v) is 2.17. The van der Waals surface area contributed by atoms with Gasteiger partial charge in [-0.25, -0.2) is 0 Å². The number of amides is 1. The lowest BCUT2D eigenvalue weighted by Crippen LogP contribution is -2.32. The first-order valence-electron chi connectivity index (χ1n) is 6.15. The molecule has 1 aromatic rings. The van der Waals surface area contributed by atoms with Gasteiger partial charge in [-0.15, -0.1) is 0 Å². The smallest absolute Gasteiger partial charge is 0.387 e. The van der Waals surface area contributed by atoms with Crippen molar-refractivity contribution < 1.29 is 18.3 Å². The molecule has 1 aliphatic heterocycles. The van der Waals surface area contributed by atoms with E-state index in [-0.39, 0.29) is 23.6 Å². The number of halogens is 2. The van der Waals surface area contributed by atoms with Crippen molar-refractivity contribution in [3.8, 4) is 5.75 Å². The lowest BCUT2D eigenvalue weighted by molar-refractivity contribution is -0.120. The van der Waals surface area contributed by atoms with Gasteiger partial charge in [-0.05, 0) is 44.2 Å². The highest BCUT2D eigenvalue weighted by atomic mass is 19.3. The summed E-state index contributed by atoms with van der Waals surface area (Å²) in [6, 6.07) is 6.04. The van der Waals surface area contributed by atoms with E-state index < -0.39 is 6.61 Å². The van der Waals surface area contributed by atoms with Gasteiger partial charge >= 0.3 is 6.61 Å². The molecule has 104 valence electrons. The van der Waals surface area contributed by atoms with Gasteiger partial charge < -0.3 is 15.4 Å². The van der Waals surface area contributed by atoms with Crippen LogP contribution in [0.15, 0.2) is 24.3 Å². The van der Waals surface area contributed by atoms with E-state index in [0.717, 1.165) is 13.0 Å². The van der Waals surface area contributed by atoms with Crippen molar-refractivity contribution in [2.45, 2.75) is 26.0 Å². The van der Waals surface area contributed by atoms with E-state index in [4.69, 9.17) is 0 Å². The van der Waals surface area contributed by atoms with E-state index in [1.54, 1.807) is 12.1 Å². The SMILES string of the molecule is CC1NCCC1C(=O)Nc1ccc(OC(F)F)cc1. The van der Waals surface area contributed by atoms with Gasteiger partial charge in [0, 0.05) is 11.7 Å². The number of ether oxygens (including phenoxy) is 1. The number of carbonyl (C=O) groups excluding carboxylic acids is 1. The number of hydrogen-bond acceptors (Lipinski definition) is 3. The summed E-state index contributed by atoms with van der Waals surface area (Å²) in [6.07, 6.45) is 0.805. The molecular weight excluding hydrogens is 254 g/mol. The molecule has 0 aliphatic carbocycles. The van der Waals surface area contributed by atoms with Gasteiger partial charge in [-0.3, -0.25) is 4.79 Å². The Labute approximate surface area is 110 Å².